The van der Waals surface area contributed by atoms with Crippen molar-refractivity contribution in [1.29, 1.82) is 0 Å². The predicted molar refractivity (Wildman–Crippen MR) is 66.9 cm³/mol. The number of rotatable bonds is 2. The van der Waals surface area contributed by atoms with E-state index in [0.29, 0.717) is 19.5 Å². The average Bonchev–Trinajstić information content (AvgIpc) is 2.97. The number of aliphatic hydroxyl groups excluding tert-OH is 1. The lowest BCUT2D eigenvalue weighted by Gasteiger charge is -2.15. The molecule has 18 heavy (non-hydrogen) atoms. The first-order valence-corrected chi connectivity index (χ1v) is 6.10. The van der Waals surface area contributed by atoms with E-state index in [1.807, 2.05) is 28.8 Å². The third kappa shape index (κ3) is 1.97. The topological polar surface area (TPSA) is 58.4 Å². The van der Waals surface area contributed by atoms with Crippen LogP contribution in [0.4, 0.5) is 0 Å². The molecule has 1 atom stereocenters. The van der Waals surface area contributed by atoms with Crippen molar-refractivity contribution in [3.05, 3.63) is 30.6 Å². The highest BCUT2D eigenvalue weighted by atomic mass is 16.3. The number of benzene rings is 1. The van der Waals surface area contributed by atoms with Crippen LogP contribution in [0.25, 0.3) is 11.0 Å². The minimum Gasteiger partial charge on any atom is -0.391 e. The first kappa shape index (κ1) is 11.2. The molecule has 1 fully saturated rings. The fourth-order valence-electron chi connectivity index (χ4n) is 2.35. The molecule has 0 unspecified atom stereocenters. The van der Waals surface area contributed by atoms with Crippen molar-refractivity contribution >= 4 is 16.9 Å². The van der Waals surface area contributed by atoms with E-state index in [0.717, 1.165) is 11.0 Å². The Morgan fingerprint density at radius 2 is 2.28 bits per heavy atom. The number of aliphatic hydroxyl groups is 1. The van der Waals surface area contributed by atoms with Gasteiger partial charge in [-0.05, 0) is 18.6 Å². The molecule has 2 aromatic rings. The van der Waals surface area contributed by atoms with Crippen LogP contribution in [0.2, 0.25) is 0 Å². The van der Waals surface area contributed by atoms with Gasteiger partial charge in [-0.2, -0.15) is 0 Å². The fourth-order valence-corrected chi connectivity index (χ4v) is 2.35. The summed E-state index contributed by atoms with van der Waals surface area (Å²) in [5.74, 6) is 0.0368. The molecule has 5 nitrogen and oxygen atoms in total. The van der Waals surface area contributed by atoms with Crippen molar-refractivity contribution in [2.24, 2.45) is 0 Å². The summed E-state index contributed by atoms with van der Waals surface area (Å²) in [6, 6.07) is 7.74. The summed E-state index contributed by atoms with van der Waals surface area (Å²) in [5, 5.41) is 9.43. The van der Waals surface area contributed by atoms with E-state index >= 15 is 0 Å². The van der Waals surface area contributed by atoms with Gasteiger partial charge in [0.1, 0.15) is 6.54 Å². The molecule has 1 aromatic carbocycles. The summed E-state index contributed by atoms with van der Waals surface area (Å²) in [6.07, 6.45) is 2.00. The summed E-state index contributed by atoms with van der Waals surface area (Å²) in [4.78, 5) is 18.0. The van der Waals surface area contributed by atoms with Crippen LogP contribution in [-0.4, -0.2) is 44.7 Å². The van der Waals surface area contributed by atoms with Gasteiger partial charge in [0.2, 0.25) is 5.91 Å². The average molecular weight is 245 g/mol. The lowest BCUT2D eigenvalue weighted by molar-refractivity contribution is -0.131. The predicted octanol–water partition coefficient (Wildman–Crippen LogP) is 0.629. The maximum atomic E-state index is 12.1. The largest absolute Gasteiger partial charge is 0.391 e. The molecule has 0 bridgehead atoms. The Hall–Kier alpha value is -1.88. The monoisotopic (exact) mass is 245 g/mol. The zero-order valence-electron chi connectivity index (χ0n) is 9.99. The first-order chi connectivity index (χ1) is 8.74. The number of hydrogen-bond donors (Lipinski definition) is 1. The van der Waals surface area contributed by atoms with Crippen molar-refractivity contribution in [1.82, 2.24) is 14.5 Å². The van der Waals surface area contributed by atoms with Gasteiger partial charge in [-0.15, -0.1) is 0 Å². The Morgan fingerprint density at radius 1 is 1.44 bits per heavy atom. The SMILES string of the molecule is O=C(Cn1cnc2ccccc21)N1CC[C@H](O)C1. The van der Waals surface area contributed by atoms with Gasteiger partial charge in [-0.25, -0.2) is 4.98 Å². The molecule has 1 saturated heterocycles. The second kappa shape index (κ2) is 4.42. The summed E-state index contributed by atoms with van der Waals surface area (Å²) in [7, 11) is 0. The van der Waals surface area contributed by atoms with Crippen LogP contribution in [0, 0.1) is 0 Å². The van der Waals surface area contributed by atoms with Crippen molar-refractivity contribution < 1.29 is 9.90 Å². The van der Waals surface area contributed by atoms with Gasteiger partial charge in [0, 0.05) is 13.1 Å². The van der Waals surface area contributed by atoms with Gasteiger partial charge in [0.05, 0.1) is 23.5 Å². The molecule has 5 heteroatoms. The number of imidazole rings is 1. The highest BCUT2D eigenvalue weighted by molar-refractivity contribution is 5.80. The molecule has 0 spiro atoms. The smallest absolute Gasteiger partial charge is 0.242 e. The van der Waals surface area contributed by atoms with Crippen LogP contribution in [0.15, 0.2) is 30.6 Å². The summed E-state index contributed by atoms with van der Waals surface area (Å²) >= 11 is 0. The zero-order valence-corrected chi connectivity index (χ0v) is 9.99. The van der Waals surface area contributed by atoms with E-state index in [4.69, 9.17) is 0 Å². The Labute approximate surface area is 105 Å². The van der Waals surface area contributed by atoms with Crippen LogP contribution in [-0.2, 0) is 11.3 Å². The molecule has 2 heterocycles. The zero-order chi connectivity index (χ0) is 12.5. The maximum absolute atomic E-state index is 12.1. The van der Waals surface area contributed by atoms with E-state index in [1.165, 1.54) is 0 Å². The molecule has 0 saturated carbocycles. The number of aromatic nitrogens is 2. The number of nitrogens with zero attached hydrogens (tertiary/aromatic N) is 3. The molecule has 94 valence electrons. The molecule has 1 N–H and O–H groups in total. The molecule has 0 aliphatic carbocycles. The van der Waals surface area contributed by atoms with E-state index in [9.17, 15) is 9.90 Å². The number of para-hydroxylation sites is 2. The van der Waals surface area contributed by atoms with E-state index in [2.05, 4.69) is 4.98 Å². The van der Waals surface area contributed by atoms with Crippen LogP contribution in [0.1, 0.15) is 6.42 Å². The molecule has 1 aliphatic rings. The van der Waals surface area contributed by atoms with Crippen molar-refractivity contribution in [2.45, 2.75) is 19.1 Å². The first-order valence-electron chi connectivity index (χ1n) is 6.10. The van der Waals surface area contributed by atoms with Crippen molar-refractivity contribution in [3.63, 3.8) is 0 Å². The lowest BCUT2D eigenvalue weighted by Crippen LogP contribution is -2.32. The highest BCUT2D eigenvalue weighted by Gasteiger charge is 2.24. The lowest BCUT2D eigenvalue weighted by atomic mass is 10.3. The number of β-amino-alcohol motifs (C(OH)–C–C–N with tert-alkyl or cyclic N) is 1. The maximum Gasteiger partial charge on any atom is 0.242 e. The highest BCUT2D eigenvalue weighted by Crippen LogP contribution is 2.14. The van der Waals surface area contributed by atoms with Gasteiger partial charge in [-0.3, -0.25) is 4.79 Å². The number of carbonyl (C=O) groups excluding carboxylic acids is 1. The molecule has 1 aromatic heterocycles. The van der Waals surface area contributed by atoms with Crippen LogP contribution < -0.4 is 0 Å². The minimum atomic E-state index is -0.367. The van der Waals surface area contributed by atoms with E-state index < -0.39 is 0 Å². The molecular weight excluding hydrogens is 230 g/mol. The molecule has 1 amide bonds. The molecule has 1 aliphatic heterocycles. The summed E-state index contributed by atoms with van der Waals surface area (Å²) < 4.78 is 1.85. The third-order valence-electron chi connectivity index (χ3n) is 3.35. The van der Waals surface area contributed by atoms with Crippen molar-refractivity contribution in [3.8, 4) is 0 Å². The normalized spacial score (nSPS) is 19.6. The van der Waals surface area contributed by atoms with Crippen LogP contribution in [0.5, 0.6) is 0 Å². The Bertz CT molecular complexity index is 578. The van der Waals surface area contributed by atoms with Gasteiger partial charge < -0.3 is 14.6 Å². The van der Waals surface area contributed by atoms with Crippen molar-refractivity contribution in [2.75, 3.05) is 13.1 Å². The second-order valence-electron chi connectivity index (χ2n) is 4.64. The minimum absolute atomic E-state index is 0.0368. The summed E-state index contributed by atoms with van der Waals surface area (Å²) in [5.41, 5.74) is 1.86. The number of fused-ring (bicyclic) bond motifs is 1. The Morgan fingerprint density at radius 3 is 3.06 bits per heavy atom. The number of hydrogen-bond acceptors (Lipinski definition) is 3. The summed E-state index contributed by atoms with van der Waals surface area (Å²) in [6.45, 7) is 1.38. The number of likely N-dealkylation sites (tertiary alicyclic amines) is 1. The standard InChI is InChI=1S/C13H15N3O2/c17-10-5-6-15(7-10)13(18)8-16-9-14-11-3-1-2-4-12(11)16/h1-4,9-10,17H,5-8H2/t10-/m0/s1. The molecular formula is C13H15N3O2. The van der Waals surface area contributed by atoms with Gasteiger partial charge in [0.25, 0.3) is 0 Å². The quantitative estimate of drug-likeness (QED) is 0.844. The van der Waals surface area contributed by atoms with Gasteiger partial charge >= 0.3 is 0 Å². The van der Waals surface area contributed by atoms with E-state index in [-0.39, 0.29) is 18.6 Å². The van der Waals surface area contributed by atoms with Gasteiger partial charge in [-0.1, -0.05) is 12.1 Å². The number of carbonyl (C=O) groups is 1. The molecule has 0 radical (unpaired) electrons. The van der Waals surface area contributed by atoms with Crippen LogP contribution >= 0.6 is 0 Å². The van der Waals surface area contributed by atoms with Crippen LogP contribution in [0.3, 0.4) is 0 Å². The second-order valence-corrected chi connectivity index (χ2v) is 4.64. The number of amides is 1. The Balaban J connectivity index is 1.78. The van der Waals surface area contributed by atoms with E-state index in [1.54, 1.807) is 11.2 Å². The molecule has 3 rings (SSSR count). The third-order valence-corrected chi connectivity index (χ3v) is 3.35. The van der Waals surface area contributed by atoms with Gasteiger partial charge in [0.15, 0.2) is 0 Å². The fraction of sp³-hybridized carbons (Fsp3) is 0.385. The Kier molecular flexibility index (Phi) is 2.76.